The molecule has 33 heavy (non-hydrogen) atoms. The van der Waals surface area contributed by atoms with Crippen molar-refractivity contribution >= 4 is 57.3 Å². The molecule has 0 aliphatic heterocycles. The van der Waals surface area contributed by atoms with Crippen molar-refractivity contribution in [1.29, 1.82) is 0 Å². The fourth-order valence-corrected chi connectivity index (χ4v) is 4.86. The summed E-state index contributed by atoms with van der Waals surface area (Å²) in [4.78, 5) is 16.9. The highest BCUT2D eigenvalue weighted by molar-refractivity contribution is 7.99. The van der Waals surface area contributed by atoms with Gasteiger partial charge in [-0.15, -0.1) is 21.5 Å². The predicted molar refractivity (Wildman–Crippen MR) is 133 cm³/mol. The van der Waals surface area contributed by atoms with Crippen molar-refractivity contribution in [2.24, 2.45) is 7.05 Å². The van der Waals surface area contributed by atoms with Crippen LogP contribution in [-0.4, -0.2) is 31.4 Å². The molecule has 0 aliphatic rings. The highest BCUT2D eigenvalue weighted by atomic mass is 35.5. The Balaban J connectivity index is 1.31. The van der Waals surface area contributed by atoms with Crippen LogP contribution in [0.5, 0.6) is 5.75 Å². The van der Waals surface area contributed by atoms with Crippen LogP contribution in [0.4, 0.5) is 5.13 Å². The van der Waals surface area contributed by atoms with Crippen LogP contribution in [0.1, 0.15) is 11.4 Å². The summed E-state index contributed by atoms with van der Waals surface area (Å²) in [5, 5.41) is 15.2. The number of amides is 1. The number of thiazole rings is 1. The fraction of sp³-hybridized carbons (Fsp3) is 0.182. The van der Waals surface area contributed by atoms with Gasteiger partial charge >= 0.3 is 0 Å². The van der Waals surface area contributed by atoms with Crippen molar-refractivity contribution in [3.63, 3.8) is 0 Å². The average Bonchev–Trinajstić information content (AvgIpc) is 3.38. The normalized spacial score (nSPS) is 10.9. The second-order valence-corrected chi connectivity index (χ2v) is 9.66. The molecule has 0 unspecified atom stereocenters. The number of carbonyl (C=O) groups excluding carboxylic acids is 1. The number of halogens is 2. The summed E-state index contributed by atoms with van der Waals surface area (Å²) in [6, 6.07) is 13.0. The zero-order valence-electron chi connectivity index (χ0n) is 17.7. The van der Waals surface area contributed by atoms with Crippen LogP contribution in [0.15, 0.2) is 53.0 Å². The van der Waals surface area contributed by atoms with Gasteiger partial charge in [0, 0.05) is 23.0 Å². The molecule has 11 heteroatoms. The van der Waals surface area contributed by atoms with Gasteiger partial charge in [0.2, 0.25) is 5.91 Å². The molecule has 7 nitrogen and oxygen atoms in total. The Morgan fingerprint density at radius 2 is 2.03 bits per heavy atom. The molecule has 0 saturated heterocycles. The number of aryl methyl sites for hydroxylation is 1. The Morgan fingerprint density at radius 3 is 2.82 bits per heavy atom. The number of thioether (sulfide) groups is 1. The number of nitrogens with zero attached hydrogens (tertiary/aromatic N) is 4. The van der Waals surface area contributed by atoms with E-state index in [1.165, 1.54) is 23.1 Å². The van der Waals surface area contributed by atoms with E-state index in [9.17, 15) is 4.79 Å². The van der Waals surface area contributed by atoms with Gasteiger partial charge in [-0.2, -0.15) is 0 Å². The first-order valence-corrected chi connectivity index (χ1v) is 12.4. The second-order valence-electron chi connectivity index (χ2n) is 7.01. The molecule has 0 fully saturated rings. The van der Waals surface area contributed by atoms with Gasteiger partial charge in [0.1, 0.15) is 12.4 Å². The standard InChI is InChI=1S/C22H19Cl2N5O2S2/c1-13-5-3-4-6-18(13)31-10-19-27-28-22(29(19)2)33-12-20(30)26-21-25-17(11-32-21)15-8-7-14(23)9-16(15)24/h3-9,11H,10,12H2,1-2H3,(H,25,26,30). The number of nitrogens with one attached hydrogen (secondary N) is 1. The molecule has 4 rings (SSSR count). The molecule has 0 bridgehead atoms. The number of hydrogen-bond donors (Lipinski definition) is 1. The Hall–Kier alpha value is -2.59. The third-order valence-corrected chi connectivity index (χ3v) is 6.99. The minimum absolute atomic E-state index is 0.168. The van der Waals surface area contributed by atoms with Crippen LogP contribution < -0.4 is 10.1 Å². The van der Waals surface area contributed by atoms with E-state index in [1.54, 1.807) is 18.2 Å². The van der Waals surface area contributed by atoms with Crippen LogP contribution in [0.3, 0.4) is 0 Å². The van der Waals surface area contributed by atoms with Crippen molar-refractivity contribution in [2.45, 2.75) is 18.7 Å². The Labute approximate surface area is 209 Å². The number of anilines is 1. The molecule has 1 amide bonds. The molecule has 170 valence electrons. The Kier molecular flexibility index (Phi) is 7.54. The fourth-order valence-electron chi connectivity index (χ4n) is 2.89. The summed E-state index contributed by atoms with van der Waals surface area (Å²) in [6.45, 7) is 2.28. The second kappa shape index (κ2) is 10.6. The molecule has 1 N–H and O–H groups in total. The van der Waals surface area contributed by atoms with Crippen LogP contribution in [0.2, 0.25) is 10.0 Å². The lowest BCUT2D eigenvalue weighted by Gasteiger charge is -2.08. The number of benzene rings is 2. The third kappa shape index (κ3) is 5.86. The maximum absolute atomic E-state index is 12.4. The number of rotatable bonds is 8. The smallest absolute Gasteiger partial charge is 0.236 e. The molecule has 0 radical (unpaired) electrons. The first kappa shape index (κ1) is 23.6. The van der Waals surface area contributed by atoms with Crippen molar-refractivity contribution in [1.82, 2.24) is 19.7 Å². The lowest BCUT2D eigenvalue weighted by Crippen LogP contribution is -2.14. The van der Waals surface area contributed by atoms with Crippen LogP contribution in [-0.2, 0) is 18.4 Å². The van der Waals surface area contributed by atoms with Gasteiger partial charge in [0.05, 0.1) is 16.5 Å². The lowest BCUT2D eigenvalue weighted by molar-refractivity contribution is -0.113. The number of hydrogen-bond acceptors (Lipinski definition) is 7. The number of carbonyl (C=O) groups is 1. The molecule has 0 saturated carbocycles. The zero-order valence-corrected chi connectivity index (χ0v) is 20.9. The summed E-state index contributed by atoms with van der Waals surface area (Å²) >= 11 is 14.8. The third-order valence-electron chi connectivity index (χ3n) is 4.67. The zero-order chi connectivity index (χ0) is 23.4. The molecular formula is C22H19Cl2N5O2S2. The van der Waals surface area contributed by atoms with Crippen LogP contribution in [0, 0.1) is 6.92 Å². The molecule has 2 heterocycles. The molecule has 0 atom stereocenters. The van der Waals surface area contributed by atoms with E-state index in [1.807, 2.05) is 48.2 Å². The van der Waals surface area contributed by atoms with Crippen molar-refractivity contribution in [3.8, 4) is 17.0 Å². The molecule has 4 aromatic rings. The molecule has 0 spiro atoms. The number of para-hydroxylation sites is 1. The maximum Gasteiger partial charge on any atom is 0.236 e. The lowest BCUT2D eigenvalue weighted by atomic mass is 10.2. The molecular weight excluding hydrogens is 501 g/mol. The predicted octanol–water partition coefficient (Wildman–Crippen LogP) is 5.86. The van der Waals surface area contributed by atoms with Gasteiger partial charge in [-0.05, 0) is 36.8 Å². The number of ether oxygens (including phenoxy) is 1. The monoisotopic (exact) mass is 519 g/mol. The largest absolute Gasteiger partial charge is 0.485 e. The minimum atomic E-state index is -0.191. The summed E-state index contributed by atoms with van der Waals surface area (Å²) in [5.41, 5.74) is 2.48. The van der Waals surface area contributed by atoms with E-state index in [2.05, 4.69) is 20.5 Å². The summed E-state index contributed by atoms with van der Waals surface area (Å²) in [5.74, 6) is 1.45. The Morgan fingerprint density at radius 1 is 1.21 bits per heavy atom. The van der Waals surface area contributed by atoms with E-state index < -0.39 is 0 Å². The van der Waals surface area contributed by atoms with Crippen molar-refractivity contribution in [2.75, 3.05) is 11.1 Å². The van der Waals surface area contributed by atoms with Gasteiger partial charge in [-0.1, -0.05) is 53.2 Å². The first-order chi connectivity index (χ1) is 15.9. The topological polar surface area (TPSA) is 81.9 Å². The van der Waals surface area contributed by atoms with Crippen LogP contribution >= 0.6 is 46.3 Å². The van der Waals surface area contributed by atoms with Crippen molar-refractivity contribution < 1.29 is 9.53 Å². The van der Waals surface area contributed by atoms with Gasteiger partial charge in [0.15, 0.2) is 16.1 Å². The van der Waals surface area contributed by atoms with E-state index >= 15 is 0 Å². The quantitative estimate of drug-likeness (QED) is 0.293. The maximum atomic E-state index is 12.4. The molecule has 0 aliphatic carbocycles. The first-order valence-electron chi connectivity index (χ1n) is 9.81. The van der Waals surface area contributed by atoms with E-state index in [0.717, 1.165) is 16.9 Å². The van der Waals surface area contributed by atoms with Gasteiger partial charge in [0.25, 0.3) is 0 Å². The minimum Gasteiger partial charge on any atom is -0.485 e. The Bertz CT molecular complexity index is 1290. The highest BCUT2D eigenvalue weighted by Gasteiger charge is 2.14. The summed E-state index contributed by atoms with van der Waals surface area (Å²) in [7, 11) is 1.85. The number of aromatic nitrogens is 4. The average molecular weight is 520 g/mol. The van der Waals surface area contributed by atoms with E-state index in [-0.39, 0.29) is 18.3 Å². The van der Waals surface area contributed by atoms with Gasteiger partial charge in [-0.25, -0.2) is 4.98 Å². The molecule has 2 aromatic carbocycles. The van der Waals surface area contributed by atoms with Crippen LogP contribution in [0.25, 0.3) is 11.3 Å². The SMILES string of the molecule is Cc1ccccc1OCc1nnc(SCC(=O)Nc2nc(-c3ccc(Cl)cc3Cl)cs2)n1C. The van der Waals surface area contributed by atoms with Gasteiger partial charge in [-0.3, -0.25) is 4.79 Å². The summed E-state index contributed by atoms with van der Waals surface area (Å²) < 4.78 is 7.66. The van der Waals surface area contributed by atoms with E-state index in [4.69, 9.17) is 27.9 Å². The van der Waals surface area contributed by atoms with E-state index in [0.29, 0.717) is 31.9 Å². The van der Waals surface area contributed by atoms with Gasteiger partial charge < -0.3 is 14.6 Å². The van der Waals surface area contributed by atoms with Crippen molar-refractivity contribution in [3.05, 3.63) is 69.3 Å². The highest BCUT2D eigenvalue weighted by Crippen LogP contribution is 2.32. The summed E-state index contributed by atoms with van der Waals surface area (Å²) in [6.07, 6.45) is 0. The molecule has 2 aromatic heterocycles.